The van der Waals surface area contributed by atoms with Crippen LogP contribution < -0.4 is 5.32 Å². The molecule has 1 fully saturated rings. The molecule has 1 saturated heterocycles. The van der Waals surface area contributed by atoms with Gasteiger partial charge in [-0.3, -0.25) is 0 Å². The predicted octanol–water partition coefficient (Wildman–Crippen LogP) is 2.45. The number of benzene rings is 2. The molecule has 2 aromatic carbocycles. The van der Waals surface area contributed by atoms with Crippen LogP contribution in [0.4, 0.5) is 0 Å². The van der Waals surface area contributed by atoms with Crippen LogP contribution in [-0.2, 0) is 16.3 Å². The minimum absolute atomic E-state index is 0.323. The van der Waals surface area contributed by atoms with Crippen LogP contribution in [0.2, 0.25) is 0 Å². The van der Waals surface area contributed by atoms with Gasteiger partial charge in [0.1, 0.15) is 0 Å². The summed E-state index contributed by atoms with van der Waals surface area (Å²) in [6.07, 6.45) is 2.57. The third kappa shape index (κ3) is 3.40. The predicted molar refractivity (Wildman–Crippen MR) is 103 cm³/mol. The van der Waals surface area contributed by atoms with Gasteiger partial charge in [0.2, 0.25) is 9.84 Å². The number of hydrogen-bond acceptors (Lipinski definition) is 4. The summed E-state index contributed by atoms with van der Waals surface area (Å²) >= 11 is 0. The third-order valence-electron chi connectivity index (χ3n) is 4.98. The highest BCUT2D eigenvalue weighted by molar-refractivity contribution is 7.91. The van der Waals surface area contributed by atoms with Crippen LogP contribution in [0.5, 0.6) is 0 Å². The number of rotatable bonds is 5. The van der Waals surface area contributed by atoms with Gasteiger partial charge in [-0.1, -0.05) is 30.3 Å². The first kappa shape index (κ1) is 17.3. The zero-order valence-electron chi connectivity index (χ0n) is 14.6. The van der Waals surface area contributed by atoms with Crippen LogP contribution in [0.25, 0.3) is 10.9 Å². The topological polar surface area (TPSA) is 65.2 Å². The van der Waals surface area contributed by atoms with E-state index < -0.39 is 9.84 Å². The first-order valence-corrected chi connectivity index (χ1v) is 10.5. The Morgan fingerprint density at radius 2 is 1.77 bits per heavy atom. The van der Waals surface area contributed by atoms with Gasteiger partial charge in [0.05, 0.1) is 9.79 Å². The summed E-state index contributed by atoms with van der Waals surface area (Å²) in [4.78, 5) is 6.26. The fraction of sp³-hybridized carbons (Fsp3) is 0.300. The van der Waals surface area contributed by atoms with Gasteiger partial charge in [-0.25, -0.2) is 8.42 Å². The molecule has 0 saturated carbocycles. The van der Waals surface area contributed by atoms with E-state index >= 15 is 0 Å². The van der Waals surface area contributed by atoms with Crippen molar-refractivity contribution in [2.24, 2.45) is 0 Å². The van der Waals surface area contributed by atoms with Crippen molar-refractivity contribution in [3.63, 3.8) is 0 Å². The summed E-state index contributed by atoms with van der Waals surface area (Å²) in [5.41, 5.74) is 2.10. The molecule has 1 aliphatic heterocycles. The fourth-order valence-corrected chi connectivity index (χ4v) is 4.92. The molecule has 26 heavy (non-hydrogen) atoms. The van der Waals surface area contributed by atoms with E-state index in [-0.39, 0.29) is 0 Å². The summed E-state index contributed by atoms with van der Waals surface area (Å²) in [7, 11) is -3.51. The van der Waals surface area contributed by atoms with Crippen molar-refractivity contribution < 1.29 is 8.42 Å². The van der Waals surface area contributed by atoms with Gasteiger partial charge >= 0.3 is 0 Å². The molecule has 6 heteroatoms. The average molecular weight is 369 g/mol. The van der Waals surface area contributed by atoms with Gasteiger partial charge in [0, 0.05) is 49.8 Å². The molecule has 1 aliphatic rings. The molecule has 5 nitrogen and oxygen atoms in total. The summed E-state index contributed by atoms with van der Waals surface area (Å²) < 4.78 is 25.8. The molecule has 2 heterocycles. The summed E-state index contributed by atoms with van der Waals surface area (Å²) in [6, 6.07) is 14.6. The number of hydrogen-bond donors (Lipinski definition) is 2. The second-order valence-corrected chi connectivity index (χ2v) is 8.61. The minimum atomic E-state index is -3.51. The van der Waals surface area contributed by atoms with Gasteiger partial charge in [-0.15, -0.1) is 0 Å². The number of aromatic nitrogens is 1. The van der Waals surface area contributed by atoms with Gasteiger partial charge in [-0.05, 0) is 30.2 Å². The molecule has 2 N–H and O–H groups in total. The van der Waals surface area contributed by atoms with Crippen molar-refractivity contribution in [3.05, 3.63) is 60.3 Å². The van der Waals surface area contributed by atoms with E-state index in [9.17, 15) is 8.42 Å². The Morgan fingerprint density at radius 1 is 1.00 bits per heavy atom. The molecule has 136 valence electrons. The summed E-state index contributed by atoms with van der Waals surface area (Å²) in [5.74, 6) is 0. The van der Waals surface area contributed by atoms with Crippen LogP contribution in [0.15, 0.2) is 64.5 Å². The molecule has 0 aliphatic carbocycles. The van der Waals surface area contributed by atoms with E-state index in [1.54, 1.807) is 30.5 Å². The van der Waals surface area contributed by atoms with Gasteiger partial charge in [-0.2, -0.15) is 0 Å². The molecule has 0 spiro atoms. The standard InChI is InChI=1S/C20H23N3O2S/c24-26(25,17-4-2-1-3-5-17)20-15-22-19-14-16(6-7-18(19)20)8-11-23-12-9-21-10-13-23/h1-7,14-15,21-22H,8-13H2. The Kier molecular flexibility index (Phi) is 4.80. The largest absolute Gasteiger partial charge is 0.360 e. The lowest BCUT2D eigenvalue weighted by atomic mass is 10.1. The lowest BCUT2D eigenvalue weighted by molar-refractivity contribution is 0.244. The van der Waals surface area contributed by atoms with Crippen molar-refractivity contribution in [1.29, 1.82) is 0 Å². The van der Waals surface area contributed by atoms with Crippen molar-refractivity contribution in [3.8, 4) is 0 Å². The number of nitrogens with one attached hydrogen (secondary N) is 2. The molecule has 0 radical (unpaired) electrons. The molecule has 0 amide bonds. The number of H-pyrrole nitrogens is 1. The maximum absolute atomic E-state index is 12.9. The van der Waals surface area contributed by atoms with Crippen molar-refractivity contribution in [1.82, 2.24) is 15.2 Å². The quantitative estimate of drug-likeness (QED) is 0.725. The second kappa shape index (κ2) is 7.23. The number of nitrogens with zero attached hydrogens (tertiary/aromatic N) is 1. The Balaban J connectivity index is 1.57. The molecular formula is C20H23N3O2S. The molecule has 4 rings (SSSR count). The number of sulfone groups is 1. The zero-order chi connectivity index (χ0) is 18.0. The normalized spacial score (nSPS) is 16.2. The van der Waals surface area contributed by atoms with Crippen LogP contribution in [0.3, 0.4) is 0 Å². The van der Waals surface area contributed by atoms with Crippen LogP contribution in [0.1, 0.15) is 5.56 Å². The van der Waals surface area contributed by atoms with E-state index in [0.29, 0.717) is 9.79 Å². The molecular weight excluding hydrogens is 346 g/mol. The Hall–Kier alpha value is -2.15. The fourth-order valence-electron chi connectivity index (χ4n) is 3.47. The minimum Gasteiger partial charge on any atom is -0.360 e. The highest BCUT2D eigenvalue weighted by atomic mass is 32.2. The average Bonchev–Trinajstić information content (AvgIpc) is 3.12. The van der Waals surface area contributed by atoms with Gasteiger partial charge in [0.15, 0.2) is 0 Å². The molecule has 0 unspecified atom stereocenters. The van der Waals surface area contributed by atoms with Crippen LogP contribution in [0, 0.1) is 0 Å². The maximum atomic E-state index is 12.9. The lowest BCUT2D eigenvalue weighted by Crippen LogP contribution is -2.44. The first-order chi connectivity index (χ1) is 12.6. The van der Waals surface area contributed by atoms with E-state index in [2.05, 4.69) is 21.3 Å². The molecule has 0 bridgehead atoms. The number of piperazine rings is 1. The van der Waals surface area contributed by atoms with Gasteiger partial charge < -0.3 is 15.2 Å². The Morgan fingerprint density at radius 3 is 2.54 bits per heavy atom. The highest BCUT2D eigenvalue weighted by Crippen LogP contribution is 2.28. The van der Waals surface area contributed by atoms with E-state index in [4.69, 9.17) is 0 Å². The van der Waals surface area contributed by atoms with E-state index in [1.807, 2.05) is 18.2 Å². The van der Waals surface area contributed by atoms with Crippen molar-refractivity contribution >= 4 is 20.7 Å². The lowest BCUT2D eigenvalue weighted by Gasteiger charge is -2.27. The van der Waals surface area contributed by atoms with Crippen molar-refractivity contribution in [2.45, 2.75) is 16.2 Å². The summed E-state index contributed by atoms with van der Waals surface area (Å²) in [6.45, 7) is 5.31. The third-order valence-corrected chi connectivity index (χ3v) is 6.79. The van der Waals surface area contributed by atoms with E-state index in [1.165, 1.54) is 5.56 Å². The SMILES string of the molecule is O=S(=O)(c1ccccc1)c1c[nH]c2cc(CCN3CCNCC3)ccc12. The van der Waals surface area contributed by atoms with E-state index in [0.717, 1.165) is 50.0 Å². The van der Waals surface area contributed by atoms with Crippen LogP contribution >= 0.6 is 0 Å². The molecule has 1 aromatic heterocycles. The maximum Gasteiger partial charge on any atom is 0.208 e. The van der Waals surface area contributed by atoms with Crippen LogP contribution in [-0.4, -0.2) is 51.0 Å². The molecule has 0 atom stereocenters. The summed E-state index contributed by atoms with van der Waals surface area (Å²) in [5, 5.41) is 4.11. The smallest absolute Gasteiger partial charge is 0.208 e. The second-order valence-electron chi connectivity index (χ2n) is 6.69. The highest BCUT2D eigenvalue weighted by Gasteiger charge is 2.21. The Bertz CT molecular complexity index is 990. The number of aromatic amines is 1. The zero-order valence-corrected chi connectivity index (χ0v) is 15.4. The molecule has 3 aromatic rings. The monoisotopic (exact) mass is 369 g/mol. The van der Waals surface area contributed by atoms with Crippen molar-refractivity contribution in [2.75, 3.05) is 32.7 Å². The number of fused-ring (bicyclic) bond motifs is 1. The Labute approximate surface area is 153 Å². The van der Waals surface area contributed by atoms with Gasteiger partial charge in [0.25, 0.3) is 0 Å². The first-order valence-electron chi connectivity index (χ1n) is 8.98.